The summed E-state index contributed by atoms with van der Waals surface area (Å²) in [6.07, 6.45) is 0. The monoisotopic (exact) mass is 245 g/mol. The Kier molecular flexibility index (Phi) is 3.70. The predicted octanol–water partition coefficient (Wildman–Crippen LogP) is 4.57. The first kappa shape index (κ1) is 12.0. The zero-order valence-electron chi connectivity index (χ0n) is 10.1. The van der Waals surface area contributed by atoms with Gasteiger partial charge in [0.25, 0.3) is 0 Å². The van der Waals surface area contributed by atoms with Gasteiger partial charge in [0.15, 0.2) is 0 Å². The highest BCUT2D eigenvalue weighted by Gasteiger charge is 1.99. The molecule has 88 valence electrons. The molecule has 2 aromatic carbocycles. The van der Waals surface area contributed by atoms with Gasteiger partial charge in [-0.3, -0.25) is 0 Å². The minimum atomic E-state index is 0.781. The highest BCUT2D eigenvalue weighted by atomic mass is 35.5. The van der Waals surface area contributed by atoms with Crippen LogP contribution in [0.1, 0.15) is 16.7 Å². The summed E-state index contributed by atoms with van der Waals surface area (Å²) in [5, 5.41) is 4.20. The average Bonchev–Trinajstić information content (AvgIpc) is 2.30. The number of hydrogen-bond acceptors (Lipinski definition) is 1. The zero-order chi connectivity index (χ0) is 12.3. The first-order valence-corrected chi connectivity index (χ1v) is 6.08. The maximum atomic E-state index is 5.92. The second-order valence-electron chi connectivity index (χ2n) is 4.30. The van der Waals surface area contributed by atoms with Crippen molar-refractivity contribution in [3.63, 3.8) is 0 Å². The van der Waals surface area contributed by atoms with E-state index < -0.39 is 0 Å². The topological polar surface area (TPSA) is 12.0 Å². The van der Waals surface area contributed by atoms with Crippen LogP contribution >= 0.6 is 11.6 Å². The highest BCUT2D eigenvalue weighted by Crippen LogP contribution is 2.20. The smallest absolute Gasteiger partial charge is 0.0410 e. The maximum absolute atomic E-state index is 5.92. The molecule has 0 heterocycles. The van der Waals surface area contributed by atoms with Gasteiger partial charge in [-0.05, 0) is 43.2 Å². The van der Waals surface area contributed by atoms with E-state index in [2.05, 4.69) is 43.4 Å². The van der Waals surface area contributed by atoms with Crippen LogP contribution in [-0.2, 0) is 6.54 Å². The van der Waals surface area contributed by atoms with Crippen LogP contribution in [0, 0.1) is 13.8 Å². The van der Waals surface area contributed by atoms with E-state index in [0.29, 0.717) is 0 Å². The Bertz CT molecular complexity index is 503. The number of anilines is 1. The predicted molar refractivity (Wildman–Crippen MR) is 74.7 cm³/mol. The zero-order valence-corrected chi connectivity index (χ0v) is 10.9. The number of halogens is 1. The Morgan fingerprint density at radius 1 is 1.00 bits per heavy atom. The molecule has 0 aliphatic carbocycles. The fourth-order valence-electron chi connectivity index (χ4n) is 1.73. The number of nitrogens with one attached hydrogen (secondary N) is 1. The van der Waals surface area contributed by atoms with Crippen molar-refractivity contribution in [3.8, 4) is 0 Å². The van der Waals surface area contributed by atoms with E-state index in [0.717, 1.165) is 17.3 Å². The van der Waals surface area contributed by atoms with Crippen LogP contribution in [0.3, 0.4) is 0 Å². The van der Waals surface area contributed by atoms with Gasteiger partial charge < -0.3 is 5.32 Å². The summed E-state index contributed by atoms with van der Waals surface area (Å²) in [4.78, 5) is 0. The molecule has 1 nitrogen and oxygen atoms in total. The lowest BCUT2D eigenvalue weighted by molar-refractivity contribution is 1.14. The molecule has 0 unspecified atom stereocenters. The molecule has 0 aliphatic heterocycles. The Hall–Kier alpha value is -1.47. The molecule has 2 aromatic rings. The molecule has 1 N–H and O–H groups in total. The number of benzene rings is 2. The summed E-state index contributed by atoms with van der Waals surface area (Å²) in [5.41, 5.74) is 4.88. The van der Waals surface area contributed by atoms with Gasteiger partial charge in [-0.15, -0.1) is 0 Å². The average molecular weight is 246 g/mol. The van der Waals surface area contributed by atoms with Crippen molar-refractivity contribution in [3.05, 3.63) is 64.2 Å². The van der Waals surface area contributed by atoms with Crippen LogP contribution in [0.4, 0.5) is 5.69 Å². The molecular weight excluding hydrogens is 230 g/mol. The lowest BCUT2D eigenvalue weighted by atomic mass is 10.1. The van der Waals surface area contributed by atoms with Gasteiger partial charge in [0.05, 0.1) is 0 Å². The van der Waals surface area contributed by atoms with Gasteiger partial charge in [-0.2, -0.15) is 0 Å². The lowest BCUT2D eigenvalue weighted by Gasteiger charge is -2.10. The van der Waals surface area contributed by atoms with E-state index in [-0.39, 0.29) is 0 Å². The van der Waals surface area contributed by atoms with Crippen LogP contribution in [0.2, 0.25) is 5.02 Å². The summed E-state index contributed by atoms with van der Waals surface area (Å²) >= 11 is 5.92. The second-order valence-corrected chi connectivity index (χ2v) is 4.73. The van der Waals surface area contributed by atoms with E-state index in [1.54, 1.807) is 0 Å². The van der Waals surface area contributed by atoms with Gasteiger partial charge in [0.1, 0.15) is 0 Å². The largest absolute Gasteiger partial charge is 0.381 e. The first-order valence-electron chi connectivity index (χ1n) is 5.71. The lowest BCUT2D eigenvalue weighted by Crippen LogP contribution is -2.00. The highest BCUT2D eigenvalue weighted by molar-refractivity contribution is 6.30. The number of rotatable bonds is 3. The Labute approximate surface area is 107 Å². The van der Waals surface area contributed by atoms with Crippen LogP contribution in [-0.4, -0.2) is 0 Å². The van der Waals surface area contributed by atoms with E-state index in [1.807, 2.05) is 18.2 Å². The molecule has 0 saturated carbocycles. The van der Waals surface area contributed by atoms with Gasteiger partial charge in [0, 0.05) is 17.3 Å². The van der Waals surface area contributed by atoms with Crippen molar-refractivity contribution in [2.75, 3.05) is 5.32 Å². The molecule has 0 atom stereocenters. The normalized spacial score (nSPS) is 10.3. The number of hydrogen-bond donors (Lipinski definition) is 1. The molecule has 0 spiro atoms. The maximum Gasteiger partial charge on any atom is 0.0410 e. The molecule has 2 rings (SSSR count). The van der Waals surface area contributed by atoms with E-state index in [1.165, 1.54) is 16.7 Å². The Balaban J connectivity index is 2.04. The van der Waals surface area contributed by atoms with Crippen molar-refractivity contribution in [2.24, 2.45) is 0 Å². The van der Waals surface area contributed by atoms with Crippen molar-refractivity contribution in [1.29, 1.82) is 0 Å². The quantitative estimate of drug-likeness (QED) is 0.835. The summed E-state index contributed by atoms with van der Waals surface area (Å²) in [7, 11) is 0. The van der Waals surface area contributed by atoms with Crippen molar-refractivity contribution in [1.82, 2.24) is 0 Å². The molecule has 0 saturated heterocycles. The fourth-order valence-corrected chi connectivity index (χ4v) is 1.96. The number of aryl methyl sites for hydroxylation is 2. The summed E-state index contributed by atoms with van der Waals surface area (Å²) in [6.45, 7) is 4.99. The van der Waals surface area contributed by atoms with Gasteiger partial charge in [-0.1, -0.05) is 41.4 Å². The van der Waals surface area contributed by atoms with E-state index in [9.17, 15) is 0 Å². The van der Waals surface area contributed by atoms with Crippen molar-refractivity contribution in [2.45, 2.75) is 20.4 Å². The van der Waals surface area contributed by atoms with Gasteiger partial charge in [0.2, 0.25) is 0 Å². The third-order valence-corrected chi connectivity index (χ3v) is 3.03. The van der Waals surface area contributed by atoms with Crippen LogP contribution in [0.25, 0.3) is 0 Å². The second kappa shape index (κ2) is 5.24. The van der Waals surface area contributed by atoms with E-state index >= 15 is 0 Å². The SMILES string of the molecule is Cc1ccc(CNc2ccc(Cl)cc2C)cc1. The molecular formula is C15H16ClN. The molecule has 0 aromatic heterocycles. The Morgan fingerprint density at radius 3 is 2.35 bits per heavy atom. The first-order chi connectivity index (χ1) is 8.15. The molecule has 0 aliphatic rings. The minimum absolute atomic E-state index is 0.781. The molecule has 0 radical (unpaired) electrons. The van der Waals surface area contributed by atoms with Crippen LogP contribution in [0.15, 0.2) is 42.5 Å². The van der Waals surface area contributed by atoms with Crippen LogP contribution < -0.4 is 5.32 Å². The fraction of sp³-hybridized carbons (Fsp3) is 0.200. The summed E-state index contributed by atoms with van der Waals surface area (Å²) in [6, 6.07) is 14.5. The Morgan fingerprint density at radius 2 is 1.71 bits per heavy atom. The van der Waals surface area contributed by atoms with Crippen molar-refractivity contribution >= 4 is 17.3 Å². The third-order valence-electron chi connectivity index (χ3n) is 2.79. The molecule has 2 heteroatoms. The molecule has 17 heavy (non-hydrogen) atoms. The molecule has 0 bridgehead atoms. The molecule has 0 amide bonds. The molecule has 0 fully saturated rings. The van der Waals surface area contributed by atoms with Gasteiger partial charge in [-0.25, -0.2) is 0 Å². The van der Waals surface area contributed by atoms with Gasteiger partial charge >= 0.3 is 0 Å². The summed E-state index contributed by atoms with van der Waals surface area (Å²) < 4.78 is 0. The minimum Gasteiger partial charge on any atom is -0.381 e. The van der Waals surface area contributed by atoms with Crippen molar-refractivity contribution < 1.29 is 0 Å². The third kappa shape index (κ3) is 3.24. The van der Waals surface area contributed by atoms with Crippen LogP contribution in [0.5, 0.6) is 0 Å². The standard InChI is InChI=1S/C15H16ClN/c1-11-3-5-13(6-4-11)10-17-15-8-7-14(16)9-12(15)2/h3-9,17H,10H2,1-2H3. The van der Waals surface area contributed by atoms with E-state index in [4.69, 9.17) is 11.6 Å². The summed E-state index contributed by atoms with van der Waals surface area (Å²) in [5.74, 6) is 0.